The number of rotatable bonds is 9. The van der Waals surface area contributed by atoms with Crippen molar-refractivity contribution in [2.45, 2.75) is 37.8 Å². The second-order valence-corrected chi connectivity index (χ2v) is 10.2. The third-order valence-corrected chi connectivity index (χ3v) is 7.22. The number of carbonyl (C=O) groups is 3. The Balaban J connectivity index is 1.24. The van der Waals surface area contributed by atoms with Crippen molar-refractivity contribution in [3.05, 3.63) is 105 Å². The molecule has 204 valence electrons. The molecular weight excluding hydrogens is 555 g/mol. The molecule has 1 aliphatic rings. The minimum absolute atomic E-state index is 0.0515. The zero-order chi connectivity index (χ0) is 28.2. The van der Waals surface area contributed by atoms with Gasteiger partial charge in [-0.1, -0.05) is 65.7 Å². The normalized spacial score (nSPS) is 14.8. The molecule has 12 heteroatoms. The van der Waals surface area contributed by atoms with Crippen LogP contribution in [0, 0.1) is 0 Å². The summed E-state index contributed by atoms with van der Waals surface area (Å²) in [6.45, 7) is 0. The molecule has 1 aliphatic heterocycles. The van der Waals surface area contributed by atoms with Gasteiger partial charge in [0.25, 0.3) is 5.91 Å². The van der Waals surface area contributed by atoms with Crippen LogP contribution >= 0.6 is 23.2 Å². The number of hydrogen-bond acceptors (Lipinski definition) is 6. The summed E-state index contributed by atoms with van der Waals surface area (Å²) < 4.78 is 1.82. The van der Waals surface area contributed by atoms with E-state index in [0.717, 1.165) is 5.56 Å². The van der Waals surface area contributed by atoms with E-state index in [1.807, 2.05) is 34.9 Å². The highest BCUT2D eigenvalue weighted by Gasteiger charge is 2.34. The van der Waals surface area contributed by atoms with Crippen molar-refractivity contribution < 1.29 is 19.5 Å². The molecule has 2 aromatic heterocycles. The van der Waals surface area contributed by atoms with Crippen LogP contribution in [0.1, 0.15) is 45.6 Å². The molecule has 10 nitrogen and oxygen atoms in total. The fourth-order valence-electron chi connectivity index (χ4n) is 4.68. The first-order chi connectivity index (χ1) is 19.3. The Morgan fingerprint density at radius 1 is 0.975 bits per heavy atom. The highest BCUT2D eigenvalue weighted by molar-refractivity contribution is 6.40. The highest BCUT2D eigenvalue weighted by Crippen LogP contribution is 2.28. The quantitative estimate of drug-likeness (QED) is 0.271. The number of pyridine rings is 1. The summed E-state index contributed by atoms with van der Waals surface area (Å²) in [4.78, 5) is 41.8. The van der Waals surface area contributed by atoms with Gasteiger partial charge in [-0.3, -0.25) is 14.6 Å². The minimum atomic E-state index is -1.15. The number of aromatic nitrogens is 4. The lowest BCUT2D eigenvalue weighted by Gasteiger charge is -2.20. The van der Waals surface area contributed by atoms with Crippen molar-refractivity contribution in [1.82, 2.24) is 25.1 Å². The average molecular weight is 579 g/mol. The number of nitrogens with one attached hydrogen (secondary N) is 2. The first kappa shape index (κ1) is 27.3. The number of carbonyl (C=O) groups excluding carboxylic acids is 2. The number of aliphatic carboxylic acids is 1. The Bertz CT molecular complexity index is 1540. The molecule has 2 atom stereocenters. The third-order valence-electron chi connectivity index (χ3n) is 6.64. The second kappa shape index (κ2) is 11.8. The number of nitrogens with zero attached hydrogens (tertiary/aromatic N) is 4. The number of aryl methyl sites for hydroxylation is 1. The lowest BCUT2D eigenvalue weighted by Crippen LogP contribution is -2.45. The zero-order valence-electron chi connectivity index (χ0n) is 21.1. The average Bonchev–Trinajstić information content (AvgIpc) is 3.53. The summed E-state index contributed by atoms with van der Waals surface area (Å²) in [6.07, 6.45) is 4.32. The number of hydrogen-bond donors (Lipinski definition) is 3. The standard InChI is InChI=1S/C28H24Cl2N6O4/c29-19-14-31-15-20(30)25(19)27(38)32-18-8-6-17(7-9-18)12-21(28(39)40)33-26(37)22-10-11-23-34-35-24(36(22)23)13-16-4-2-1-3-5-16/h1-9,14-15,21-22H,10-13H2,(H,32,38)(H,33,37)(H,39,40). The van der Waals surface area contributed by atoms with Gasteiger partial charge in [-0.2, -0.15) is 0 Å². The molecule has 3 N–H and O–H groups in total. The zero-order valence-corrected chi connectivity index (χ0v) is 22.6. The molecule has 0 fully saturated rings. The Morgan fingerprint density at radius 3 is 2.35 bits per heavy atom. The Hall–Kier alpha value is -4.28. The molecule has 2 unspecified atom stereocenters. The van der Waals surface area contributed by atoms with E-state index in [1.165, 1.54) is 12.4 Å². The van der Waals surface area contributed by atoms with Gasteiger partial charge in [0.2, 0.25) is 5.91 Å². The first-order valence-corrected chi connectivity index (χ1v) is 13.2. The number of halogens is 2. The number of fused-ring (bicyclic) bond motifs is 1. The van der Waals surface area contributed by atoms with Gasteiger partial charge < -0.3 is 20.3 Å². The van der Waals surface area contributed by atoms with E-state index in [4.69, 9.17) is 23.2 Å². The molecule has 0 saturated carbocycles. The van der Waals surface area contributed by atoms with Crippen molar-refractivity contribution in [1.29, 1.82) is 0 Å². The maximum absolute atomic E-state index is 13.3. The van der Waals surface area contributed by atoms with Gasteiger partial charge in [0.15, 0.2) is 0 Å². The van der Waals surface area contributed by atoms with Crippen LogP contribution in [0.3, 0.4) is 0 Å². The van der Waals surface area contributed by atoms with Gasteiger partial charge in [-0.25, -0.2) is 4.79 Å². The topological polar surface area (TPSA) is 139 Å². The summed E-state index contributed by atoms with van der Waals surface area (Å²) in [5.41, 5.74) is 2.27. The van der Waals surface area contributed by atoms with E-state index in [1.54, 1.807) is 24.3 Å². The van der Waals surface area contributed by atoms with Crippen LogP contribution in [-0.2, 0) is 28.9 Å². The maximum atomic E-state index is 13.3. The van der Waals surface area contributed by atoms with E-state index in [0.29, 0.717) is 42.2 Å². The highest BCUT2D eigenvalue weighted by atomic mass is 35.5. The molecule has 0 spiro atoms. The van der Waals surface area contributed by atoms with Gasteiger partial charge >= 0.3 is 5.97 Å². The maximum Gasteiger partial charge on any atom is 0.326 e. The SMILES string of the molecule is O=C(Nc1ccc(CC(NC(=O)C2CCc3nnc(Cc4ccccc4)n32)C(=O)O)cc1)c1c(Cl)cncc1Cl. The monoisotopic (exact) mass is 578 g/mol. The van der Waals surface area contributed by atoms with Crippen molar-refractivity contribution in [2.24, 2.45) is 0 Å². The summed E-state index contributed by atoms with van der Waals surface area (Å²) in [6, 6.07) is 14.6. The molecule has 0 aliphatic carbocycles. The molecule has 0 saturated heterocycles. The fourth-order valence-corrected chi connectivity index (χ4v) is 5.22. The van der Waals surface area contributed by atoms with E-state index >= 15 is 0 Å². The summed E-state index contributed by atoms with van der Waals surface area (Å²) >= 11 is 12.1. The Labute approximate surface area is 239 Å². The smallest absolute Gasteiger partial charge is 0.326 e. The van der Waals surface area contributed by atoms with Crippen molar-refractivity contribution in [2.75, 3.05) is 5.32 Å². The van der Waals surface area contributed by atoms with Crippen LogP contribution in [0.15, 0.2) is 67.0 Å². The predicted molar refractivity (Wildman–Crippen MR) is 149 cm³/mol. The van der Waals surface area contributed by atoms with Crippen LogP contribution in [0.4, 0.5) is 5.69 Å². The largest absolute Gasteiger partial charge is 0.480 e. The first-order valence-electron chi connectivity index (χ1n) is 12.5. The molecular formula is C28H24Cl2N6O4. The van der Waals surface area contributed by atoms with Crippen molar-refractivity contribution in [3.8, 4) is 0 Å². The second-order valence-electron chi connectivity index (χ2n) is 9.35. The fraction of sp³-hybridized carbons (Fsp3) is 0.214. The number of anilines is 1. The van der Waals surface area contributed by atoms with Crippen molar-refractivity contribution in [3.63, 3.8) is 0 Å². The number of carboxylic acid groups (broad SMARTS) is 1. The van der Waals surface area contributed by atoms with E-state index in [2.05, 4.69) is 25.8 Å². The molecule has 5 rings (SSSR count). The van der Waals surface area contributed by atoms with E-state index in [-0.39, 0.29) is 22.0 Å². The molecule has 2 aromatic carbocycles. The lowest BCUT2D eigenvalue weighted by molar-refractivity contribution is -0.142. The van der Waals surface area contributed by atoms with Crippen molar-refractivity contribution >= 4 is 46.7 Å². The lowest BCUT2D eigenvalue weighted by atomic mass is 10.0. The van der Waals surface area contributed by atoms with Crippen LogP contribution in [0.2, 0.25) is 10.0 Å². The molecule has 3 heterocycles. The third kappa shape index (κ3) is 5.98. The summed E-state index contributed by atoms with van der Waals surface area (Å²) in [5, 5.41) is 24.0. The minimum Gasteiger partial charge on any atom is -0.480 e. The molecule has 0 bridgehead atoms. The molecule has 40 heavy (non-hydrogen) atoms. The Morgan fingerprint density at radius 2 is 1.68 bits per heavy atom. The molecule has 2 amide bonds. The summed E-state index contributed by atoms with van der Waals surface area (Å²) in [7, 11) is 0. The van der Waals surface area contributed by atoms with Crippen LogP contribution in [-0.4, -0.2) is 48.7 Å². The van der Waals surface area contributed by atoms with Gasteiger partial charge in [0, 0.05) is 37.3 Å². The number of benzene rings is 2. The predicted octanol–water partition coefficient (Wildman–Crippen LogP) is 4.12. The number of amides is 2. The van der Waals surface area contributed by atoms with Crippen LogP contribution in [0.5, 0.6) is 0 Å². The van der Waals surface area contributed by atoms with E-state index < -0.39 is 29.9 Å². The number of carboxylic acids is 1. The molecule has 0 radical (unpaired) electrons. The van der Waals surface area contributed by atoms with Crippen LogP contribution < -0.4 is 10.6 Å². The van der Waals surface area contributed by atoms with Gasteiger partial charge in [-0.05, 0) is 29.7 Å². The van der Waals surface area contributed by atoms with E-state index in [9.17, 15) is 19.5 Å². The molecule has 4 aromatic rings. The van der Waals surface area contributed by atoms with Gasteiger partial charge in [0.05, 0.1) is 15.6 Å². The van der Waals surface area contributed by atoms with Gasteiger partial charge in [0.1, 0.15) is 23.7 Å². The summed E-state index contributed by atoms with van der Waals surface area (Å²) in [5.74, 6) is -0.672. The van der Waals surface area contributed by atoms with Gasteiger partial charge in [-0.15, -0.1) is 10.2 Å². The Kier molecular flexibility index (Phi) is 8.09. The van der Waals surface area contributed by atoms with Crippen LogP contribution in [0.25, 0.3) is 0 Å².